The van der Waals surface area contributed by atoms with Crippen LogP contribution in [0.4, 0.5) is 10.1 Å². The Hall–Kier alpha value is -2.86. The summed E-state index contributed by atoms with van der Waals surface area (Å²) in [6.07, 6.45) is 0. The molecule has 1 aromatic heterocycles. The van der Waals surface area contributed by atoms with Gasteiger partial charge in [-0.15, -0.1) is 0 Å². The summed E-state index contributed by atoms with van der Waals surface area (Å²) >= 11 is 6.02. The Morgan fingerprint density at radius 2 is 1.78 bits per heavy atom. The molecule has 3 aromatic rings. The van der Waals surface area contributed by atoms with Crippen molar-refractivity contribution in [2.75, 3.05) is 31.1 Å². The standard InChI is InChI=1S/C20H18ClFN4O/c21-15-3-1-2-14(12-15)18-13-19(24-23-18)20(27)26-10-8-25(9-11-26)17-6-4-16(22)5-7-17/h1-7,12-13H,8-11H2,(H,23,24). The highest BCUT2D eigenvalue weighted by Crippen LogP contribution is 2.22. The molecule has 4 rings (SSSR count). The molecule has 1 fully saturated rings. The molecule has 1 amide bonds. The number of hydrogen-bond donors (Lipinski definition) is 1. The maximum atomic E-state index is 13.1. The third kappa shape index (κ3) is 3.80. The number of carbonyl (C=O) groups excluding carboxylic acids is 1. The second-order valence-electron chi connectivity index (χ2n) is 6.43. The summed E-state index contributed by atoms with van der Waals surface area (Å²) in [5.74, 6) is -0.322. The van der Waals surface area contributed by atoms with E-state index < -0.39 is 0 Å². The van der Waals surface area contributed by atoms with Crippen molar-refractivity contribution in [2.24, 2.45) is 0 Å². The molecule has 1 saturated heterocycles. The van der Waals surface area contributed by atoms with Crippen LogP contribution in [-0.4, -0.2) is 47.2 Å². The molecule has 2 aromatic carbocycles. The van der Waals surface area contributed by atoms with Gasteiger partial charge in [0.1, 0.15) is 11.5 Å². The van der Waals surface area contributed by atoms with E-state index in [0.29, 0.717) is 42.6 Å². The monoisotopic (exact) mass is 384 g/mol. The van der Waals surface area contributed by atoms with Crippen molar-refractivity contribution in [1.82, 2.24) is 15.1 Å². The van der Waals surface area contributed by atoms with Crippen LogP contribution in [-0.2, 0) is 0 Å². The molecule has 7 heteroatoms. The van der Waals surface area contributed by atoms with E-state index in [1.165, 1.54) is 12.1 Å². The molecule has 0 bridgehead atoms. The molecular formula is C20H18ClFN4O. The summed E-state index contributed by atoms with van der Waals surface area (Å²) in [5.41, 5.74) is 2.97. The number of piperazine rings is 1. The Kier molecular flexibility index (Phi) is 4.81. The normalized spacial score (nSPS) is 14.4. The van der Waals surface area contributed by atoms with Crippen molar-refractivity contribution >= 4 is 23.2 Å². The van der Waals surface area contributed by atoms with Crippen LogP contribution in [0, 0.1) is 5.82 Å². The Balaban J connectivity index is 1.42. The highest BCUT2D eigenvalue weighted by Gasteiger charge is 2.24. The molecule has 0 saturated carbocycles. The lowest BCUT2D eigenvalue weighted by atomic mass is 10.1. The van der Waals surface area contributed by atoms with Gasteiger partial charge in [0.05, 0.1) is 5.69 Å². The number of nitrogens with one attached hydrogen (secondary N) is 1. The van der Waals surface area contributed by atoms with Gasteiger partial charge >= 0.3 is 0 Å². The zero-order chi connectivity index (χ0) is 18.8. The fourth-order valence-corrected chi connectivity index (χ4v) is 3.41. The Bertz CT molecular complexity index is 949. The molecule has 5 nitrogen and oxygen atoms in total. The van der Waals surface area contributed by atoms with E-state index in [9.17, 15) is 9.18 Å². The molecule has 0 radical (unpaired) electrons. The van der Waals surface area contributed by atoms with Gasteiger partial charge in [-0.1, -0.05) is 23.7 Å². The van der Waals surface area contributed by atoms with Crippen LogP contribution in [0.15, 0.2) is 54.6 Å². The summed E-state index contributed by atoms with van der Waals surface area (Å²) in [6.45, 7) is 2.60. The van der Waals surface area contributed by atoms with E-state index in [1.807, 2.05) is 18.2 Å². The minimum Gasteiger partial charge on any atom is -0.368 e. The van der Waals surface area contributed by atoms with E-state index in [4.69, 9.17) is 11.6 Å². The molecule has 0 unspecified atom stereocenters. The average Bonchev–Trinajstić information content (AvgIpc) is 3.18. The van der Waals surface area contributed by atoms with Crippen molar-refractivity contribution < 1.29 is 9.18 Å². The topological polar surface area (TPSA) is 52.2 Å². The van der Waals surface area contributed by atoms with E-state index in [2.05, 4.69) is 15.1 Å². The van der Waals surface area contributed by atoms with Crippen molar-refractivity contribution in [3.63, 3.8) is 0 Å². The maximum absolute atomic E-state index is 13.1. The zero-order valence-corrected chi connectivity index (χ0v) is 15.3. The predicted molar refractivity (Wildman–Crippen MR) is 104 cm³/mol. The van der Waals surface area contributed by atoms with Crippen LogP contribution >= 0.6 is 11.6 Å². The van der Waals surface area contributed by atoms with E-state index >= 15 is 0 Å². The smallest absolute Gasteiger partial charge is 0.272 e. The van der Waals surface area contributed by atoms with Gasteiger partial charge in [-0.05, 0) is 42.5 Å². The number of aromatic amines is 1. The summed E-state index contributed by atoms with van der Waals surface area (Å²) in [7, 11) is 0. The van der Waals surface area contributed by atoms with Gasteiger partial charge in [0.25, 0.3) is 5.91 Å². The van der Waals surface area contributed by atoms with Gasteiger partial charge in [0.2, 0.25) is 0 Å². The highest BCUT2D eigenvalue weighted by molar-refractivity contribution is 6.30. The third-order valence-corrected chi connectivity index (χ3v) is 4.92. The number of carbonyl (C=O) groups is 1. The SMILES string of the molecule is O=C(c1cc(-c2cccc(Cl)c2)n[nH]1)N1CCN(c2ccc(F)cc2)CC1. The Morgan fingerprint density at radius 1 is 1.04 bits per heavy atom. The molecule has 0 spiro atoms. The van der Waals surface area contributed by atoms with Gasteiger partial charge < -0.3 is 9.80 Å². The second-order valence-corrected chi connectivity index (χ2v) is 6.87. The number of amides is 1. The maximum Gasteiger partial charge on any atom is 0.272 e. The molecule has 0 atom stereocenters. The van der Waals surface area contributed by atoms with Crippen LogP contribution < -0.4 is 4.90 Å². The van der Waals surface area contributed by atoms with Gasteiger partial charge in [-0.25, -0.2) is 4.39 Å². The van der Waals surface area contributed by atoms with E-state index in [1.54, 1.807) is 29.2 Å². The van der Waals surface area contributed by atoms with Crippen LogP contribution in [0.2, 0.25) is 5.02 Å². The number of anilines is 1. The number of H-pyrrole nitrogens is 1. The first-order valence-electron chi connectivity index (χ1n) is 8.71. The number of benzene rings is 2. The largest absolute Gasteiger partial charge is 0.368 e. The van der Waals surface area contributed by atoms with Gasteiger partial charge in [0, 0.05) is 42.5 Å². The van der Waals surface area contributed by atoms with Crippen molar-refractivity contribution in [3.8, 4) is 11.3 Å². The highest BCUT2D eigenvalue weighted by atomic mass is 35.5. The van der Waals surface area contributed by atoms with Gasteiger partial charge in [-0.3, -0.25) is 9.89 Å². The van der Waals surface area contributed by atoms with E-state index in [-0.39, 0.29) is 11.7 Å². The molecule has 138 valence electrons. The quantitative estimate of drug-likeness (QED) is 0.746. The number of halogens is 2. The van der Waals surface area contributed by atoms with Crippen molar-refractivity contribution in [1.29, 1.82) is 0 Å². The first-order valence-corrected chi connectivity index (χ1v) is 9.09. The Morgan fingerprint density at radius 3 is 2.48 bits per heavy atom. The summed E-state index contributed by atoms with van der Waals surface area (Å²) in [4.78, 5) is 16.7. The number of aromatic nitrogens is 2. The van der Waals surface area contributed by atoms with E-state index in [0.717, 1.165) is 11.3 Å². The second kappa shape index (κ2) is 7.40. The summed E-state index contributed by atoms with van der Waals surface area (Å²) in [6, 6.07) is 15.5. The fraction of sp³-hybridized carbons (Fsp3) is 0.200. The molecule has 1 aliphatic rings. The molecule has 0 aliphatic carbocycles. The molecule has 2 heterocycles. The fourth-order valence-electron chi connectivity index (χ4n) is 3.22. The summed E-state index contributed by atoms with van der Waals surface area (Å²) in [5, 5.41) is 7.69. The number of nitrogens with zero attached hydrogens (tertiary/aromatic N) is 3. The lowest BCUT2D eigenvalue weighted by Gasteiger charge is -2.35. The minimum absolute atomic E-state index is 0.0745. The van der Waals surface area contributed by atoms with Crippen LogP contribution in [0.3, 0.4) is 0 Å². The lowest BCUT2D eigenvalue weighted by Crippen LogP contribution is -2.48. The lowest BCUT2D eigenvalue weighted by molar-refractivity contribution is 0.0741. The first-order chi connectivity index (χ1) is 13.1. The van der Waals surface area contributed by atoms with Crippen molar-refractivity contribution in [2.45, 2.75) is 0 Å². The molecule has 1 aliphatic heterocycles. The molecule has 27 heavy (non-hydrogen) atoms. The molecular weight excluding hydrogens is 367 g/mol. The van der Waals surface area contributed by atoms with Gasteiger partial charge in [-0.2, -0.15) is 5.10 Å². The van der Waals surface area contributed by atoms with Crippen LogP contribution in [0.25, 0.3) is 11.3 Å². The molecule has 1 N–H and O–H groups in total. The Labute approximate surface area is 161 Å². The van der Waals surface area contributed by atoms with Crippen LogP contribution in [0.5, 0.6) is 0 Å². The minimum atomic E-state index is -0.248. The van der Waals surface area contributed by atoms with Crippen molar-refractivity contribution in [3.05, 3.63) is 71.1 Å². The zero-order valence-electron chi connectivity index (χ0n) is 14.5. The number of hydrogen-bond acceptors (Lipinski definition) is 3. The first kappa shape index (κ1) is 17.5. The predicted octanol–water partition coefficient (Wildman–Crippen LogP) is 3.83. The van der Waals surface area contributed by atoms with Crippen LogP contribution in [0.1, 0.15) is 10.5 Å². The van der Waals surface area contributed by atoms with Gasteiger partial charge in [0.15, 0.2) is 0 Å². The average molecular weight is 385 g/mol. The third-order valence-electron chi connectivity index (χ3n) is 4.69. The number of rotatable bonds is 3. The summed E-state index contributed by atoms with van der Waals surface area (Å²) < 4.78 is 13.1.